The minimum Gasteiger partial charge on any atom is -0.384 e. The third-order valence-corrected chi connectivity index (χ3v) is 20.4. The van der Waals surface area contributed by atoms with Crippen LogP contribution in [0.2, 0.25) is 5.02 Å². The fourth-order valence-corrected chi connectivity index (χ4v) is 14.5. The third-order valence-electron chi connectivity index (χ3n) is 16.1. The number of nitrogens with one attached hydrogen (secondary N) is 4. The number of nitrogens with zero attached hydrogens (tertiary/aromatic N) is 4. The van der Waals surface area contributed by atoms with Gasteiger partial charge in [-0.05, 0) is 160 Å². The van der Waals surface area contributed by atoms with E-state index in [9.17, 15) is 54.0 Å². The highest BCUT2D eigenvalue weighted by molar-refractivity contribution is 7.99. The Bertz CT molecular complexity index is 3600. The fraction of sp³-hybridized carbons (Fsp3) is 0.403. The number of thioether (sulfide) groups is 1. The molecule has 2 atom stereocenters. The van der Waals surface area contributed by atoms with Crippen LogP contribution in [0.4, 0.5) is 30.2 Å². The highest BCUT2D eigenvalue weighted by Gasteiger charge is 2.49. The monoisotopic (exact) mass is 1260 g/mol. The maximum absolute atomic E-state index is 14.5. The number of piperazine rings is 1. The van der Waals surface area contributed by atoms with Gasteiger partial charge in [-0.15, -0.1) is 11.8 Å². The smallest absolute Gasteiger partial charge is 0.384 e. The number of carbonyl (C=O) groups excluding carboxylic acids is 5. The predicted molar refractivity (Wildman–Crippen MR) is 328 cm³/mol. The molecule has 2 saturated heterocycles. The highest BCUT2D eigenvalue weighted by Crippen LogP contribution is 2.43. The summed E-state index contributed by atoms with van der Waals surface area (Å²) in [6.45, 7) is 9.97. The number of anilines is 3. The van der Waals surface area contributed by atoms with Crippen LogP contribution in [0, 0.1) is 5.41 Å². The van der Waals surface area contributed by atoms with Crippen LogP contribution in [0.3, 0.4) is 0 Å². The molecule has 17 nitrogen and oxygen atoms in total. The first-order chi connectivity index (χ1) is 40.9. The van der Waals surface area contributed by atoms with Crippen LogP contribution >= 0.6 is 23.4 Å². The van der Waals surface area contributed by atoms with E-state index in [1.165, 1.54) is 46.7 Å². The van der Waals surface area contributed by atoms with E-state index in [2.05, 4.69) is 51.7 Å². The summed E-state index contributed by atoms with van der Waals surface area (Å²) < 4.78 is 99.5. The second-order valence-corrected chi connectivity index (χ2v) is 28.1. The van der Waals surface area contributed by atoms with Gasteiger partial charge in [0.05, 0.1) is 21.7 Å². The van der Waals surface area contributed by atoms with E-state index in [4.69, 9.17) is 11.6 Å². The number of alkyl halides is 3. The Balaban J connectivity index is 0.799. The van der Waals surface area contributed by atoms with Crippen molar-refractivity contribution in [2.45, 2.75) is 104 Å². The molecule has 0 unspecified atom stereocenters. The van der Waals surface area contributed by atoms with E-state index in [1.807, 2.05) is 59.1 Å². The van der Waals surface area contributed by atoms with Gasteiger partial charge in [-0.2, -0.15) is 13.2 Å². The number of sulfonamides is 1. The maximum atomic E-state index is 14.5. The quantitative estimate of drug-likeness (QED) is 0.0257. The highest BCUT2D eigenvalue weighted by atomic mass is 35.5. The third kappa shape index (κ3) is 15.3. The average molecular weight is 1260 g/mol. The van der Waals surface area contributed by atoms with Crippen molar-refractivity contribution < 1.29 is 54.0 Å². The van der Waals surface area contributed by atoms with Crippen LogP contribution in [0.5, 0.6) is 0 Å². The molecule has 4 aliphatic rings. The molecule has 4 N–H and O–H groups in total. The summed E-state index contributed by atoms with van der Waals surface area (Å²) in [4.78, 5) is 70.8. The lowest BCUT2D eigenvalue weighted by molar-refractivity contribution is -0.136. The van der Waals surface area contributed by atoms with Crippen molar-refractivity contribution in [1.29, 1.82) is 0 Å². The molecule has 86 heavy (non-hydrogen) atoms. The zero-order chi connectivity index (χ0) is 61.6. The molecule has 9 rings (SSSR count). The Morgan fingerprint density at radius 2 is 1.55 bits per heavy atom. The van der Waals surface area contributed by atoms with E-state index in [1.54, 1.807) is 24.3 Å². The van der Waals surface area contributed by atoms with Gasteiger partial charge in [-0.3, -0.25) is 39.1 Å². The Hall–Kier alpha value is -6.76. The molecule has 0 radical (unpaired) electrons. The molecule has 0 bridgehead atoms. The van der Waals surface area contributed by atoms with Gasteiger partial charge in [0.2, 0.25) is 11.8 Å². The van der Waals surface area contributed by atoms with Crippen molar-refractivity contribution in [1.82, 2.24) is 24.7 Å². The number of imide groups is 2. The topological polar surface area (TPSA) is 215 Å². The number of sulfone groups is 1. The first-order valence-electron chi connectivity index (χ1n) is 28.7. The Morgan fingerprint density at radius 1 is 0.826 bits per heavy atom. The van der Waals surface area contributed by atoms with Gasteiger partial charge in [-0.1, -0.05) is 73.8 Å². The second kappa shape index (κ2) is 27.1. The van der Waals surface area contributed by atoms with Gasteiger partial charge in [0.1, 0.15) is 10.9 Å². The average Bonchev–Trinajstić information content (AvgIpc) is 1.52. The minimum atomic E-state index is -6.15. The summed E-state index contributed by atoms with van der Waals surface area (Å²) in [6.07, 6.45) is 5.64. The first-order valence-corrected chi connectivity index (χ1v) is 33.0. The number of amides is 5. The summed E-state index contributed by atoms with van der Waals surface area (Å²) in [5.41, 5.74) is -0.502. The van der Waals surface area contributed by atoms with Crippen molar-refractivity contribution in [2.24, 2.45) is 5.41 Å². The van der Waals surface area contributed by atoms with Gasteiger partial charge in [0.15, 0.2) is 0 Å². The number of piperidine rings is 1. The molecule has 458 valence electrons. The summed E-state index contributed by atoms with van der Waals surface area (Å²) in [5, 5.41) is 9.14. The van der Waals surface area contributed by atoms with Crippen molar-refractivity contribution in [3.63, 3.8) is 0 Å². The number of unbranched alkanes of at least 4 members (excludes halogenated alkanes) is 2. The number of halogens is 4. The molecule has 5 amide bonds. The first kappa shape index (κ1) is 63.7. The normalized spacial score (nSPS) is 18.1. The van der Waals surface area contributed by atoms with Gasteiger partial charge in [0.25, 0.3) is 37.6 Å². The lowest BCUT2D eigenvalue weighted by atomic mass is 9.73. The minimum absolute atomic E-state index is 0.00742. The molecule has 2 fully saturated rings. The molecular weight excluding hydrogens is 1190 g/mol. The van der Waals surface area contributed by atoms with Gasteiger partial charge in [-0.25, -0.2) is 21.6 Å². The number of benzene rings is 5. The number of allylic oxidation sites excluding steroid dienone is 1. The van der Waals surface area contributed by atoms with E-state index >= 15 is 0 Å². The molecular formula is C62H70ClF3N8O9S3. The zero-order valence-electron chi connectivity index (χ0n) is 48.1. The van der Waals surface area contributed by atoms with Crippen molar-refractivity contribution in [3.8, 4) is 0 Å². The number of fused-ring (bicyclic) bond motifs is 1. The van der Waals surface area contributed by atoms with Gasteiger partial charge < -0.3 is 20.4 Å². The van der Waals surface area contributed by atoms with E-state index in [0.29, 0.717) is 62.3 Å². The second-order valence-electron chi connectivity index (χ2n) is 23.0. The molecule has 5 aromatic rings. The van der Waals surface area contributed by atoms with E-state index in [0.717, 1.165) is 79.4 Å². The number of rotatable bonds is 24. The predicted octanol–water partition coefficient (Wildman–Crippen LogP) is 10.1. The lowest BCUT2D eigenvalue weighted by Gasteiger charge is -2.39. The molecule has 0 spiro atoms. The molecule has 3 heterocycles. The summed E-state index contributed by atoms with van der Waals surface area (Å²) in [5.74, 6) is -3.14. The molecule has 0 aromatic heterocycles. The summed E-state index contributed by atoms with van der Waals surface area (Å²) >= 11 is 7.61. The number of hydrogen-bond donors (Lipinski definition) is 4. The van der Waals surface area contributed by atoms with Crippen molar-refractivity contribution in [3.05, 3.63) is 148 Å². The van der Waals surface area contributed by atoms with Crippen LogP contribution in [0.1, 0.15) is 108 Å². The Kier molecular flexibility index (Phi) is 20.1. The summed E-state index contributed by atoms with van der Waals surface area (Å²) in [7, 11) is -9.20. The van der Waals surface area contributed by atoms with Crippen LogP contribution in [-0.2, 0) is 29.4 Å². The zero-order valence-corrected chi connectivity index (χ0v) is 51.3. The van der Waals surface area contributed by atoms with Crippen molar-refractivity contribution in [2.75, 3.05) is 80.7 Å². The molecule has 3 aliphatic heterocycles. The van der Waals surface area contributed by atoms with E-state index < -0.39 is 82.5 Å². The fourth-order valence-electron chi connectivity index (χ4n) is 11.4. The molecule has 0 saturated carbocycles. The molecule has 1 aliphatic carbocycles. The Morgan fingerprint density at radius 3 is 2.24 bits per heavy atom. The van der Waals surface area contributed by atoms with Crippen LogP contribution < -0.4 is 25.6 Å². The molecule has 5 aromatic carbocycles. The van der Waals surface area contributed by atoms with Gasteiger partial charge in [0, 0.05) is 84.3 Å². The van der Waals surface area contributed by atoms with E-state index in [-0.39, 0.29) is 40.7 Å². The number of hydrogen-bond acceptors (Lipinski definition) is 15. The summed E-state index contributed by atoms with van der Waals surface area (Å²) in [6, 6.07) is 29.1. The molecule has 24 heteroatoms. The standard InChI is InChI=1S/C62H70ClF3N8O9S3/c1-61(2)29-27-49(41-15-19-44(63)20-16-41)43(38-61)39-72-33-35-73(36-34-72)46-21-17-42(18-22-46)57(76)70-86(82,83)48-23-24-51(54(37-48)85(80,81)62(64,65)66)68-45(40-84-47-11-6-4-7-12-47)28-32-71(3)31-9-5-8-30-67-52-14-10-13-50-56(52)60(79)74(59(50)78)53-25-26-55(75)69-58(53)77/h4,6-7,10-24,37,45,53,67-68H,5,8-9,25-36,38-40H2,1-3H3,(H,70,76)(H,69,75,77)/t45-,53-/m1/s1. The van der Waals surface area contributed by atoms with Crippen LogP contribution in [0.15, 0.2) is 136 Å². The SMILES string of the molecule is CN(CCCCCNc1cccc2c1C(=O)N([C@@H]1CCC(=O)NC1=O)C2=O)CC[C@H](CSc1ccccc1)Nc1ccc(S(=O)(=O)NC(=O)c2ccc(N3CCN(CC4=C(c5ccc(Cl)cc5)CCC(C)(C)C4)CC3)cc2)cc1S(=O)(=O)C(F)(F)F. The van der Waals surface area contributed by atoms with Crippen molar-refractivity contribution >= 4 is 95.4 Å². The van der Waals surface area contributed by atoms with Crippen LogP contribution in [-0.4, -0.2) is 144 Å². The maximum Gasteiger partial charge on any atom is 0.501 e. The Labute approximate surface area is 509 Å². The van der Waals surface area contributed by atoms with Gasteiger partial charge >= 0.3 is 5.51 Å². The lowest BCUT2D eigenvalue weighted by Crippen LogP contribution is -2.54. The van der Waals surface area contributed by atoms with Crippen LogP contribution in [0.25, 0.3) is 5.57 Å². The number of carbonyl (C=O) groups is 5. The largest absolute Gasteiger partial charge is 0.501 e.